The minimum absolute atomic E-state index is 0.00592. The summed E-state index contributed by atoms with van der Waals surface area (Å²) in [6.07, 6.45) is 8.82. The number of benzene rings is 2. The van der Waals surface area contributed by atoms with Gasteiger partial charge in [-0.1, -0.05) is 43.0 Å². The van der Waals surface area contributed by atoms with Crippen LogP contribution < -0.4 is 31.7 Å². The number of thioether (sulfide) groups is 1. The maximum Gasteiger partial charge on any atom is 0.315 e. The summed E-state index contributed by atoms with van der Waals surface area (Å²) in [5, 5.41) is 25.7. The molecule has 2 aromatic carbocycles. The van der Waals surface area contributed by atoms with Crippen molar-refractivity contribution in [3.63, 3.8) is 0 Å². The van der Waals surface area contributed by atoms with Crippen LogP contribution in [0.15, 0.2) is 59.5 Å². The molecule has 0 radical (unpaired) electrons. The number of primary sulfonamides is 1. The molecule has 1 aromatic heterocycles. The Balaban J connectivity index is 0.887. The van der Waals surface area contributed by atoms with Gasteiger partial charge in [-0.2, -0.15) is 16.9 Å². The van der Waals surface area contributed by atoms with E-state index in [0.29, 0.717) is 60.4 Å². The molecule has 0 unspecified atom stereocenters. The van der Waals surface area contributed by atoms with E-state index >= 15 is 0 Å². The number of nitrogens with zero attached hydrogens (tertiary/aromatic N) is 2. The van der Waals surface area contributed by atoms with Gasteiger partial charge in [0.2, 0.25) is 27.7 Å². The van der Waals surface area contributed by atoms with Gasteiger partial charge in [-0.25, -0.2) is 23.0 Å². The number of halogens is 1. The first kappa shape index (κ1) is 42.0. The second kappa shape index (κ2) is 20.7. The number of carbonyl (C=O) groups is 4. The van der Waals surface area contributed by atoms with E-state index in [-0.39, 0.29) is 47.3 Å². The molecule has 7 N–H and O–H groups in total. The number of carbonyl (C=O) groups excluding carboxylic acids is 4. The van der Waals surface area contributed by atoms with Crippen molar-refractivity contribution in [2.45, 2.75) is 106 Å². The quantitative estimate of drug-likeness (QED) is 0.0626. The normalized spacial score (nSPS) is 17.6. The number of sulfonamides is 1. The molecule has 5 amide bonds. The van der Waals surface area contributed by atoms with Crippen LogP contribution in [0.2, 0.25) is 5.02 Å². The van der Waals surface area contributed by atoms with Crippen LogP contribution in [0.1, 0.15) is 82.7 Å². The molecule has 3 heterocycles. The van der Waals surface area contributed by atoms with Crippen LogP contribution in [0.5, 0.6) is 0 Å². The third-order valence-electron chi connectivity index (χ3n) is 9.66. The maximum absolute atomic E-state index is 12.6. The minimum Gasteiger partial charge on any atom is -0.356 e. The molecule has 3 atom stereocenters. The highest BCUT2D eigenvalue weighted by molar-refractivity contribution is 8.00. The average Bonchev–Trinajstić information content (AvgIpc) is 3.86. The number of fused-ring (bicyclic) bond motifs is 1. The topological polar surface area (TPSA) is 206 Å². The van der Waals surface area contributed by atoms with Gasteiger partial charge in [0.25, 0.3) is 0 Å². The van der Waals surface area contributed by atoms with E-state index in [1.807, 2.05) is 30.0 Å². The fraction of sp³-hybridized carbons (Fsp3) is 0.500. The number of hydrogen-bond acceptors (Lipinski definition) is 8. The Morgan fingerprint density at radius 1 is 0.818 bits per heavy atom. The molecule has 17 heteroatoms. The van der Waals surface area contributed by atoms with Crippen molar-refractivity contribution in [2.24, 2.45) is 5.14 Å². The molecular weight excluding hydrogens is 764 g/mol. The summed E-state index contributed by atoms with van der Waals surface area (Å²) in [5.74, 6) is 0.922. The fourth-order valence-corrected chi connectivity index (χ4v) is 8.86. The predicted octanol–water partition coefficient (Wildman–Crippen LogP) is 4.54. The van der Waals surface area contributed by atoms with Crippen molar-refractivity contribution in [3.05, 3.63) is 65.3 Å². The van der Waals surface area contributed by atoms with Gasteiger partial charge in [-0.15, -0.1) is 0 Å². The van der Waals surface area contributed by atoms with E-state index < -0.39 is 10.0 Å². The first-order valence-corrected chi connectivity index (χ1v) is 21.9. The number of amides is 5. The number of nitrogens with two attached hydrogens (primary N) is 1. The second-order valence-corrected chi connectivity index (χ2v) is 17.2. The van der Waals surface area contributed by atoms with Crippen LogP contribution in [0.3, 0.4) is 0 Å². The number of rotatable bonds is 22. The molecule has 55 heavy (non-hydrogen) atoms. The van der Waals surface area contributed by atoms with Crippen molar-refractivity contribution >= 4 is 57.1 Å². The SMILES string of the molecule is NS(=O)(=O)c1ccc(-n2nc(CNC(=O)CCCCCNC(=O)CCCCCNC(=O)CCCC[C@H]3SC[C@H]4NC(=O)N[C@H]43)cc2-c2ccc(Cl)cc2)cc1. The Kier molecular flexibility index (Phi) is 15.8. The van der Waals surface area contributed by atoms with E-state index in [0.717, 1.165) is 68.4 Å². The number of aromatic nitrogens is 2. The van der Waals surface area contributed by atoms with Gasteiger partial charge < -0.3 is 26.6 Å². The zero-order valence-electron chi connectivity index (χ0n) is 30.9. The van der Waals surface area contributed by atoms with Gasteiger partial charge in [-0.05, 0) is 81.0 Å². The summed E-state index contributed by atoms with van der Waals surface area (Å²) in [6, 6.07) is 15.6. The Morgan fingerprint density at radius 3 is 2.04 bits per heavy atom. The lowest BCUT2D eigenvalue weighted by Crippen LogP contribution is -2.36. The molecule has 0 bridgehead atoms. The van der Waals surface area contributed by atoms with Crippen LogP contribution in [0.4, 0.5) is 4.79 Å². The third-order valence-corrected chi connectivity index (χ3v) is 12.4. The maximum atomic E-state index is 12.6. The van der Waals surface area contributed by atoms with Crippen molar-refractivity contribution < 1.29 is 27.6 Å². The molecule has 0 spiro atoms. The summed E-state index contributed by atoms with van der Waals surface area (Å²) < 4.78 is 25.1. The molecule has 0 saturated carbocycles. The third kappa shape index (κ3) is 13.3. The number of hydrogen-bond donors (Lipinski definition) is 6. The highest BCUT2D eigenvalue weighted by Gasteiger charge is 2.42. The summed E-state index contributed by atoms with van der Waals surface area (Å²) >= 11 is 7.98. The molecular formula is C38H51ClN8O6S2. The highest BCUT2D eigenvalue weighted by Crippen LogP contribution is 2.33. The lowest BCUT2D eigenvalue weighted by molar-refractivity contribution is -0.122. The van der Waals surface area contributed by atoms with Crippen molar-refractivity contribution in [1.29, 1.82) is 0 Å². The zero-order valence-corrected chi connectivity index (χ0v) is 33.2. The van der Waals surface area contributed by atoms with Crippen LogP contribution in [-0.4, -0.2) is 78.1 Å². The van der Waals surface area contributed by atoms with Crippen molar-refractivity contribution in [1.82, 2.24) is 36.4 Å². The Morgan fingerprint density at radius 2 is 1.42 bits per heavy atom. The summed E-state index contributed by atoms with van der Waals surface area (Å²) in [6.45, 7) is 1.39. The molecule has 2 saturated heterocycles. The highest BCUT2D eigenvalue weighted by atomic mass is 35.5. The van der Waals surface area contributed by atoms with E-state index in [4.69, 9.17) is 16.7 Å². The van der Waals surface area contributed by atoms with Gasteiger partial charge in [0.1, 0.15) is 0 Å². The van der Waals surface area contributed by atoms with Gasteiger partial charge in [-0.3, -0.25) is 14.4 Å². The minimum atomic E-state index is -3.84. The van der Waals surface area contributed by atoms with E-state index in [2.05, 4.69) is 31.7 Å². The molecule has 2 fully saturated rings. The van der Waals surface area contributed by atoms with Gasteiger partial charge in [0.15, 0.2) is 0 Å². The zero-order chi connectivity index (χ0) is 39.2. The molecule has 298 valence electrons. The molecule has 2 aliphatic rings. The number of nitrogens with one attached hydrogen (secondary N) is 5. The van der Waals surface area contributed by atoms with Gasteiger partial charge in [0, 0.05) is 53.9 Å². The standard InChI is InChI=1S/C38H51ClN8O6S2/c39-27-15-13-26(14-16-27)32-23-28(46-47(32)29-17-19-30(20-18-29)55(40,52)53)24-43-36(50)11-4-2-8-21-41-34(48)10-3-1-7-22-42-35(49)12-6-5-9-33-37-31(25-54-33)44-38(51)45-37/h13-20,23,31,33,37H,1-12,21-22,24-25H2,(H,41,48)(H,42,49)(H,43,50)(H2,40,52,53)(H2,44,45,51)/t31-,33-,37-/m1/s1. The van der Waals surface area contributed by atoms with E-state index in [1.54, 1.807) is 28.9 Å². The Bertz CT molecular complexity index is 1870. The predicted molar refractivity (Wildman–Crippen MR) is 214 cm³/mol. The Labute approximate surface area is 331 Å². The van der Waals surface area contributed by atoms with Crippen LogP contribution in [0.25, 0.3) is 16.9 Å². The largest absolute Gasteiger partial charge is 0.356 e. The molecule has 3 aromatic rings. The summed E-state index contributed by atoms with van der Waals surface area (Å²) in [7, 11) is -3.84. The van der Waals surface area contributed by atoms with Crippen LogP contribution in [-0.2, 0) is 31.0 Å². The smallest absolute Gasteiger partial charge is 0.315 e. The van der Waals surface area contributed by atoms with Gasteiger partial charge in [0.05, 0.1) is 40.6 Å². The lowest BCUT2D eigenvalue weighted by atomic mass is 10.0. The lowest BCUT2D eigenvalue weighted by Gasteiger charge is -2.16. The fourth-order valence-electron chi connectivity index (χ4n) is 6.68. The average molecular weight is 815 g/mol. The van der Waals surface area contributed by atoms with Gasteiger partial charge >= 0.3 is 6.03 Å². The first-order chi connectivity index (χ1) is 26.5. The first-order valence-electron chi connectivity index (χ1n) is 18.9. The molecule has 14 nitrogen and oxygen atoms in total. The molecule has 2 aliphatic heterocycles. The van der Waals surface area contributed by atoms with Crippen LogP contribution in [0, 0.1) is 0 Å². The van der Waals surface area contributed by atoms with E-state index in [1.165, 1.54) is 12.1 Å². The molecule has 5 rings (SSSR count). The monoisotopic (exact) mass is 814 g/mol. The molecule has 0 aliphatic carbocycles. The van der Waals surface area contributed by atoms with Crippen molar-refractivity contribution in [2.75, 3.05) is 18.8 Å². The van der Waals surface area contributed by atoms with Crippen molar-refractivity contribution in [3.8, 4) is 16.9 Å². The van der Waals surface area contributed by atoms with Crippen LogP contribution >= 0.6 is 23.4 Å². The van der Waals surface area contributed by atoms with E-state index in [9.17, 15) is 27.6 Å². The number of urea groups is 1. The summed E-state index contributed by atoms with van der Waals surface area (Å²) in [4.78, 5) is 48.5. The second-order valence-electron chi connectivity index (χ2n) is 13.9. The Hall–Kier alpha value is -4.12. The summed E-state index contributed by atoms with van der Waals surface area (Å²) in [5.41, 5.74) is 2.83. The number of unbranched alkanes of at least 4 members (excludes halogenated alkanes) is 5.